The van der Waals surface area contributed by atoms with Crippen LogP contribution in [0, 0.1) is 25.6 Å². The largest absolute Gasteiger partial charge is 0.402 e. The molecular formula is C11H12N4O4. The minimum atomic E-state index is -1.07. The fourth-order valence-corrected chi connectivity index (χ4v) is 2.33. The van der Waals surface area contributed by atoms with Crippen molar-refractivity contribution >= 4 is 0 Å². The Labute approximate surface area is 108 Å². The average molecular weight is 264 g/mol. The molecule has 2 rings (SSSR count). The first-order chi connectivity index (χ1) is 8.81. The number of hydrogen-bond donors (Lipinski definition) is 2. The fourth-order valence-electron chi connectivity index (χ4n) is 2.33. The van der Waals surface area contributed by atoms with Gasteiger partial charge in [-0.3, -0.25) is 20.2 Å². The number of hydrogen-bond acceptors (Lipinski definition) is 6. The zero-order chi connectivity index (χ0) is 14.2. The lowest BCUT2D eigenvalue weighted by Gasteiger charge is -2.27. The second-order valence-corrected chi connectivity index (χ2v) is 4.58. The van der Waals surface area contributed by atoms with Crippen LogP contribution in [0.3, 0.4) is 0 Å². The summed E-state index contributed by atoms with van der Waals surface area (Å²) in [5, 5.41) is 21.8. The normalized spacial score (nSPS) is 21.1. The van der Waals surface area contributed by atoms with Crippen molar-refractivity contribution in [1.82, 2.24) is 0 Å². The molecule has 0 aromatic rings. The van der Waals surface area contributed by atoms with Crippen LogP contribution in [0.2, 0.25) is 0 Å². The molecule has 0 aromatic carbocycles. The third-order valence-corrected chi connectivity index (χ3v) is 2.94. The summed E-state index contributed by atoms with van der Waals surface area (Å²) < 4.78 is 0. The number of nitrogens with two attached hydrogens (primary N) is 2. The van der Waals surface area contributed by atoms with Crippen molar-refractivity contribution < 1.29 is 9.85 Å². The van der Waals surface area contributed by atoms with Gasteiger partial charge in [0.2, 0.25) is 0 Å². The summed E-state index contributed by atoms with van der Waals surface area (Å²) in [5.74, 6) is 0. The summed E-state index contributed by atoms with van der Waals surface area (Å²) >= 11 is 0. The van der Waals surface area contributed by atoms with Crippen molar-refractivity contribution in [2.24, 2.45) is 16.9 Å². The van der Waals surface area contributed by atoms with Crippen LogP contribution in [-0.2, 0) is 0 Å². The number of nitro groups is 2. The number of rotatable bonds is 2. The molecule has 0 unspecified atom stereocenters. The van der Waals surface area contributed by atoms with Gasteiger partial charge in [0.1, 0.15) is 6.42 Å². The molecule has 2 aliphatic rings. The summed E-state index contributed by atoms with van der Waals surface area (Å²) in [5.41, 5.74) is 10.8. The minimum absolute atomic E-state index is 0.232. The van der Waals surface area contributed by atoms with Crippen molar-refractivity contribution in [3.8, 4) is 0 Å². The molecule has 0 amide bonds. The molecule has 0 bridgehead atoms. The summed E-state index contributed by atoms with van der Waals surface area (Å²) in [6.45, 7) is 0. The van der Waals surface area contributed by atoms with Crippen LogP contribution < -0.4 is 11.5 Å². The van der Waals surface area contributed by atoms with E-state index in [2.05, 4.69) is 0 Å². The van der Waals surface area contributed by atoms with Crippen LogP contribution in [0.4, 0.5) is 0 Å². The predicted octanol–water partition coefficient (Wildman–Crippen LogP) is 0.787. The lowest BCUT2D eigenvalue weighted by molar-refractivity contribution is -0.451. The van der Waals surface area contributed by atoms with E-state index >= 15 is 0 Å². The maximum Gasteiger partial charge on any atom is 0.254 e. The molecule has 8 nitrogen and oxygen atoms in total. The van der Waals surface area contributed by atoms with Gasteiger partial charge in [0.15, 0.2) is 0 Å². The number of nitrogens with zero attached hydrogens (tertiary/aromatic N) is 2. The molecule has 0 saturated heterocycles. The van der Waals surface area contributed by atoms with Gasteiger partial charge in [0.25, 0.3) is 11.4 Å². The van der Waals surface area contributed by atoms with Gasteiger partial charge in [-0.15, -0.1) is 0 Å². The van der Waals surface area contributed by atoms with Crippen molar-refractivity contribution in [2.45, 2.75) is 12.8 Å². The van der Waals surface area contributed by atoms with E-state index in [1.807, 2.05) is 0 Å². The van der Waals surface area contributed by atoms with Crippen molar-refractivity contribution in [2.75, 3.05) is 0 Å². The third-order valence-electron chi connectivity index (χ3n) is 2.94. The Kier molecular flexibility index (Phi) is 2.85. The maximum absolute atomic E-state index is 10.9. The molecule has 1 spiro atoms. The van der Waals surface area contributed by atoms with Gasteiger partial charge in [-0.1, -0.05) is 0 Å². The van der Waals surface area contributed by atoms with Crippen LogP contribution in [-0.4, -0.2) is 9.85 Å². The summed E-state index contributed by atoms with van der Waals surface area (Å²) in [4.78, 5) is 20.5. The van der Waals surface area contributed by atoms with Crippen LogP contribution in [0.15, 0.2) is 47.1 Å². The molecule has 0 atom stereocenters. The second kappa shape index (κ2) is 4.23. The van der Waals surface area contributed by atoms with Gasteiger partial charge in [-0.2, -0.15) is 0 Å². The van der Waals surface area contributed by atoms with E-state index in [9.17, 15) is 20.2 Å². The minimum Gasteiger partial charge on any atom is -0.402 e. The molecule has 0 aliphatic heterocycles. The Morgan fingerprint density at radius 3 is 1.68 bits per heavy atom. The molecule has 2 aliphatic carbocycles. The van der Waals surface area contributed by atoms with Crippen molar-refractivity contribution in [3.63, 3.8) is 0 Å². The van der Waals surface area contributed by atoms with Gasteiger partial charge in [-0.25, -0.2) is 0 Å². The first-order valence-electron chi connectivity index (χ1n) is 5.48. The smallest absolute Gasteiger partial charge is 0.254 e. The molecule has 0 radical (unpaired) electrons. The van der Waals surface area contributed by atoms with Gasteiger partial charge in [0.05, 0.1) is 15.3 Å². The van der Waals surface area contributed by atoms with Crippen LogP contribution in [0.5, 0.6) is 0 Å². The lowest BCUT2D eigenvalue weighted by Crippen LogP contribution is -2.26. The highest BCUT2D eigenvalue weighted by molar-refractivity contribution is 5.41. The summed E-state index contributed by atoms with van der Waals surface area (Å²) in [7, 11) is 0. The number of allylic oxidation sites excluding steroid dienone is 4. The molecule has 8 heteroatoms. The monoisotopic (exact) mass is 264 g/mol. The Hall–Kier alpha value is -2.64. The zero-order valence-corrected chi connectivity index (χ0v) is 9.91. The molecular weight excluding hydrogens is 252 g/mol. The Bertz CT molecular complexity index is 536. The molecule has 0 aromatic heterocycles. The van der Waals surface area contributed by atoms with E-state index in [-0.39, 0.29) is 17.8 Å². The first kappa shape index (κ1) is 12.8. The van der Waals surface area contributed by atoms with E-state index in [4.69, 9.17) is 11.5 Å². The first-order valence-corrected chi connectivity index (χ1v) is 5.48. The lowest BCUT2D eigenvalue weighted by atomic mass is 9.77. The third kappa shape index (κ3) is 2.46. The Morgan fingerprint density at radius 1 is 0.895 bits per heavy atom. The highest BCUT2D eigenvalue weighted by Crippen LogP contribution is 2.39. The highest BCUT2D eigenvalue weighted by Gasteiger charge is 2.37. The zero-order valence-electron chi connectivity index (χ0n) is 9.91. The Morgan fingerprint density at radius 2 is 1.32 bits per heavy atom. The fraction of sp³-hybridized carbons (Fsp3) is 0.273. The van der Waals surface area contributed by atoms with E-state index in [1.54, 1.807) is 12.2 Å². The summed E-state index contributed by atoms with van der Waals surface area (Å²) in [6, 6.07) is 0. The summed E-state index contributed by atoms with van der Waals surface area (Å²) in [6.07, 6.45) is 5.83. The van der Waals surface area contributed by atoms with Gasteiger partial charge in [0, 0.05) is 30.0 Å². The van der Waals surface area contributed by atoms with Crippen molar-refractivity contribution in [3.05, 3.63) is 67.3 Å². The predicted molar refractivity (Wildman–Crippen MR) is 66.4 cm³/mol. The van der Waals surface area contributed by atoms with Crippen LogP contribution in [0.25, 0.3) is 0 Å². The van der Waals surface area contributed by atoms with E-state index in [0.29, 0.717) is 17.8 Å². The maximum atomic E-state index is 10.9. The molecule has 0 saturated carbocycles. The molecule has 0 fully saturated rings. The molecule has 19 heavy (non-hydrogen) atoms. The van der Waals surface area contributed by atoms with Gasteiger partial charge >= 0.3 is 0 Å². The standard InChI is InChI=1S/C11H12N4O4/c12-7-1-8(13)4-11(3-7)5-9(14(16)17)2-10(6-11)15(18)19/h3-6H,1-2,12-13H2. The van der Waals surface area contributed by atoms with Gasteiger partial charge < -0.3 is 11.5 Å². The van der Waals surface area contributed by atoms with E-state index in [1.165, 1.54) is 12.2 Å². The van der Waals surface area contributed by atoms with Crippen LogP contribution >= 0.6 is 0 Å². The van der Waals surface area contributed by atoms with E-state index in [0.717, 1.165) is 0 Å². The van der Waals surface area contributed by atoms with Crippen LogP contribution in [0.1, 0.15) is 12.8 Å². The molecule has 100 valence electrons. The average Bonchev–Trinajstić information content (AvgIpc) is 2.25. The quantitative estimate of drug-likeness (QED) is 0.558. The molecule has 4 N–H and O–H groups in total. The highest BCUT2D eigenvalue weighted by atomic mass is 16.6. The topological polar surface area (TPSA) is 138 Å². The Balaban J connectivity index is 2.58. The second-order valence-electron chi connectivity index (χ2n) is 4.58. The van der Waals surface area contributed by atoms with E-state index < -0.39 is 15.3 Å². The SMILES string of the molecule is NC1=CC2(C=C(N)C1)C=C([N+](=O)[O-])CC([N+](=O)[O-])=C2. The van der Waals surface area contributed by atoms with Gasteiger partial charge in [-0.05, 0) is 12.2 Å². The molecule has 0 heterocycles. The van der Waals surface area contributed by atoms with Crippen molar-refractivity contribution in [1.29, 1.82) is 0 Å².